The van der Waals surface area contributed by atoms with E-state index in [-0.39, 0.29) is 37.2 Å². The lowest BCUT2D eigenvalue weighted by molar-refractivity contribution is -0.146. The second-order valence-electron chi connectivity index (χ2n) is 12.8. The molecule has 0 rings (SSSR count). The molecule has 0 aromatic carbocycles. The van der Waals surface area contributed by atoms with Gasteiger partial charge in [0.05, 0.1) is 0 Å². The topological polar surface area (TPSA) is 136 Å². The zero-order valence-electron chi connectivity index (χ0n) is 30.8. The first kappa shape index (κ1) is 45.6. The van der Waals surface area contributed by atoms with Crippen LogP contribution in [0.4, 0.5) is 0 Å². The molecule has 8 heteroatoms. The Hall–Kier alpha value is -3.42. The lowest BCUT2D eigenvalue weighted by Crippen LogP contribution is -2.41. The van der Waals surface area contributed by atoms with Gasteiger partial charge in [-0.05, 0) is 90.0 Å². The van der Waals surface area contributed by atoms with Crippen molar-refractivity contribution in [1.82, 2.24) is 5.32 Å². The fraction of sp³-hybridized carbons (Fsp3) is 0.659. The van der Waals surface area contributed by atoms with E-state index in [2.05, 4.69) is 60.8 Å². The number of rotatable bonds is 33. The third-order valence-corrected chi connectivity index (χ3v) is 8.02. The maximum Gasteiger partial charge on any atom is 0.326 e. The van der Waals surface area contributed by atoms with Crippen LogP contribution in [-0.2, 0) is 23.9 Å². The molecule has 0 radical (unpaired) electrons. The zero-order valence-corrected chi connectivity index (χ0v) is 30.8. The van der Waals surface area contributed by atoms with Gasteiger partial charge in [-0.25, -0.2) is 4.79 Å². The molecular formula is C41H68N2O6. The molecule has 0 heterocycles. The molecular weight excluding hydrogens is 616 g/mol. The Morgan fingerprint density at radius 1 is 0.633 bits per heavy atom. The maximum absolute atomic E-state index is 12.1. The molecule has 0 saturated carbocycles. The molecule has 0 unspecified atom stereocenters. The summed E-state index contributed by atoms with van der Waals surface area (Å²) in [6.07, 6.45) is 42.6. The molecule has 2 atom stereocenters. The summed E-state index contributed by atoms with van der Waals surface area (Å²) in [5.74, 6) is -2.16. The third-order valence-electron chi connectivity index (χ3n) is 8.02. The summed E-state index contributed by atoms with van der Waals surface area (Å²) >= 11 is 0. The molecule has 8 nitrogen and oxygen atoms in total. The summed E-state index contributed by atoms with van der Waals surface area (Å²) < 4.78 is 5.50. The van der Waals surface area contributed by atoms with Crippen molar-refractivity contribution in [3.05, 3.63) is 60.8 Å². The predicted molar refractivity (Wildman–Crippen MR) is 202 cm³/mol. The Morgan fingerprint density at radius 3 is 1.63 bits per heavy atom. The number of nitrogens with one attached hydrogen (secondary N) is 1. The molecule has 0 spiro atoms. The van der Waals surface area contributed by atoms with E-state index in [0.29, 0.717) is 12.8 Å². The van der Waals surface area contributed by atoms with Crippen LogP contribution in [0.5, 0.6) is 0 Å². The van der Waals surface area contributed by atoms with Gasteiger partial charge in [-0.15, -0.1) is 0 Å². The van der Waals surface area contributed by atoms with Crippen LogP contribution in [-0.4, -0.2) is 41.0 Å². The SMILES string of the molecule is CCCCC/C=C\C/C=C\CCCCCCCC(=O)O[C@@H](C)/C=C\C/C=C\C/C=C\CCCCCCCC(=O)N[C@@H](CCC(N)=O)C(=O)O. The summed E-state index contributed by atoms with van der Waals surface area (Å²) in [5.41, 5.74) is 5.05. The Balaban J connectivity index is 3.68. The standard InChI is InChI=1S/C41H68N2O6/c1-3-4-5-6-7-8-9-10-11-15-18-21-24-27-30-33-40(46)49-36(2)31-28-25-22-19-16-13-12-14-17-20-23-26-29-32-39(45)43-37(41(47)48)34-35-38(42)44/h7-8,10-13,19,22,28,31,36-37H,3-6,9,14-18,20-21,23-27,29-30,32-35H2,1-2H3,(H2,42,44)(H,43,45)(H,47,48)/b8-7-,11-10-,13-12-,22-19-,31-28-/t36-,37-/m0/s1. The minimum absolute atomic E-state index is 0.00628. The van der Waals surface area contributed by atoms with Crippen LogP contribution in [0.2, 0.25) is 0 Å². The fourth-order valence-electron chi connectivity index (χ4n) is 5.11. The van der Waals surface area contributed by atoms with Crippen molar-refractivity contribution >= 4 is 23.8 Å². The first-order chi connectivity index (χ1) is 23.8. The number of carboxylic acid groups (broad SMARTS) is 1. The van der Waals surface area contributed by atoms with E-state index in [4.69, 9.17) is 15.6 Å². The number of nitrogens with two attached hydrogens (primary N) is 1. The number of carbonyl (C=O) groups is 4. The highest BCUT2D eigenvalue weighted by atomic mass is 16.5. The molecule has 0 aliphatic heterocycles. The molecule has 0 aliphatic carbocycles. The second-order valence-corrected chi connectivity index (χ2v) is 12.8. The number of carboxylic acids is 1. The molecule has 0 fully saturated rings. The van der Waals surface area contributed by atoms with Gasteiger partial charge < -0.3 is 20.9 Å². The number of amides is 2. The van der Waals surface area contributed by atoms with E-state index in [0.717, 1.165) is 70.6 Å². The van der Waals surface area contributed by atoms with Crippen LogP contribution >= 0.6 is 0 Å². The van der Waals surface area contributed by atoms with E-state index >= 15 is 0 Å². The highest BCUT2D eigenvalue weighted by molar-refractivity contribution is 5.84. The van der Waals surface area contributed by atoms with Crippen molar-refractivity contribution in [2.45, 2.75) is 174 Å². The van der Waals surface area contributed by atoms with Gasteiger partial charge in [0.2, 0.25) is 11.8 Å². The monoisotopic (exact) mass is 685 g/mol. The number of esters is 1. The first-order valence-corrected chi connectivity index (χ1v) is 19.0. The second kappa shape index (κ2) is 34.4. The Labute approximate surface area is 297 Å². The van der Waals surface area contributed by atoms with Crippen LogP contribution < -0.4 is 11.1 Å². The molecule has 278 valence electrons. The maximum atomic E-state index is 12.1. The third kappa shape index (κ3) is 34.2. The van der Waals surface area contributed by atoms with E-state index in [9.17, 15) is 19.2 Å². The van der Waals surface area contributed by atoms with Gasteiger partial charge >= 0.3 is 11.9 Å². The average molecular weight is 685 g/mol. The average Bonchev–Trinajstić information content (AvgIpc) is 3.06. The summed E-state index contributed by atoms with van der Waals surface area (Å²) in [6.45, 7) is 4.14. The number of unbranched alkanes of at least 4 members (excludes halogenated alkanes) is 13. The largest absolute Gasteiger partial charge is 0.480 e. The van der Waals surface area contributed by atoms with Crippen LogP contribution in [0, 0.1) is 0 Å². The number of hydrogen-bond donors (Lipinski definition) is 3. The van der Waals surface area contributed by atoms with Gasteiger partial charge in [0.1, 0.15) is 12.1 Å². The quantitative estimate of drug-likeness (QED) is 0.0358. The number of hydrogen-bond acceptors (Lipinski definition) is 5. The van der Waals surface area contributed by atoms with Crippen LogP contribution in [0.15, 0.2) is 60.8 Å². The number of aliphatic carboxylic acids is 1. The Morgan fingerprint density at radius 2 is 1.10 bits per heavy atom. The molecule has 49 heavy (non-hydrogen) atoms. The number of carbonyl (C=O) groups excluding carboxylic acids is 3. The lowest BCUT2D eigenvalue weighted by atomic mass is 10.1. The smallest absolute Gasteiger partial charge is 0.326 e. The Bertz CT molecular complexity index is 1010. The Kier molecular flexibility index (Phi) is 32.0. The highest BCUT2D eigenvalue weighted by Crippen LogP contribution is 2.11. The minimum Gasteiger partial charge on any atom is -0.480 e. The first-order valence-electron chi connectivity index (χ1n) is 19.0. The molecule has 4 N–H and O–H groups in total. The molecule has 2 amide bonds. The van der Waals surface area contributed by atoms with Gasteiger partial charge in [0, 0.05) is 19.3 Å². The van der Waals surface area contributed by atoms with Gasteiger partial charge in [-0.3, -0.25) is 14.4 Å². The van der Waals surface area contributed by atoms with E-state index < -0.39 is 17.9 Å². The minimum atomic E-state index is -1.16. The summed E-state index contributed by atoms with van der Waals surface area (Å²) in [7, 11) is 0. The molecule has 0 aromatic rings. The van der Waals surface area contributed by atoms with Gasteiger partial charge in [-0.2, -0.15) is 0 Å². The zero-order chi connectivity index (χ0) is 36.2. The normalized spacial score (nSPS) is 13.3. The van der Waals surface area contributed by atoms with Crippen molar-refractivity contribution in [2.24, 2.45) is 5.73 Å². The van der Waals surface area contributed by atoms with E-state index in [1.54, 1.807) is 0 Å². The van der Waals surface area contributed by atoms with Crippen molar-refractivity contribution < 1.29 is 29.0 Å². The van der Waals surface area contributed by atoms with Crippen molar-refractivity contribution in [3.8, 4) is 0 Å². The molecule has 0 bridgehead atoms. The van der Waals surface area contributed by atoms with Crippen LogP contribution in [0.3, 0.4) is 0 Å². The van der Waals surface area contributed by atoms with E-state index in [1.165, 1.54) is 44.9 Å². The fourth-order valence-corrected chi connectivity index (χ4v) is 5.11. The van der Waals surface area contributed by atoms with Gasteiger partial charge in [0.25, 0.3) is 0 Å². The van der Waals surface area contributed by atoms with Crippen LogP contribution in [0.25, 0.3) is 0 Å². The number of ether oxygens (including phenoxy) is 1. The number of allylic oxidation sites excluding steroid dienone is 9. The van der Waals surface area contributed by atoms with Gasteiger partial charge in [0.15, 0.2) is 0 Å². The van der Waals surface area contributed by atoms with Crippen molar-refractivity contribution in [3.63, 3.8) is 0 Å². The predicted octanol–water partition coefficient (Wildman–Crippen LogP) is 9.75. The summed E-state index contributed by atoms with van der Waals surface area (Å²) in [5, 5.41) is 11.6. The van der Waals surface area contributed by atoms with E-state index in [1.807, 2.05) is 19.1 Å². The van der Waals surface area contributed by atoms with Crippen molar-refractivity contribution in [2.75, 3.05) is 0 Å². The van der Waals surface area contributed by atoms with Gasteiger partial charge in [-0.1, -0.05) is 113 Å². The highest BCUT2D eigenvalue weighted by Gasteiger charge is 2.20. The molecule has 0 aromatic heterocycles. The summed E-state index contributed by atoms with van der Waals surface area (Å²) in [4.78, 5) is 46.1. The lowest BCUT2D eigenvalue weighted by Gasteiger charge is -2.13. The summed E-state index contributed by atoms with van der Waals surface area (Å²) in [6, 6.07) is -1.07. The van der Waals surface area contributed by atoms with Crippen LogP contribution in [0.1, 0.15) is 162 Å². The van der Waals surface area contributed by atoms with Crippen molar-refractivity contribution in [1.29, 1.82) is 0 Å². The number of primary amides is 1. The molecule has 0 saturated heterocycles. The molecule has 0 aliphatic rings.